The number of hydrazine groups is 1. The van der Waals surface area contributed by atoms with Crippen molar-refractivity contribution in [2.24, 2.45) is 23.7 Å². The van der Waals surface area contributed by atoms with E-state index >= 15 is 4.79 Å². The molecule has 0 bridgehead atoms. The number of anilines is 2. The Bertz CT molecular complexity index is 2270. The molecule has 2 aliphatic carbocycles. The zero-order valence-electron chi connectivity index (χ0n) is 28.2. The van der Waals surface area contributed by atoms with E-state index in [4.69, 9.17) is 27.9 Å². The number of imide groups is 2. The average Bonchev–Trinajstić information content (AvgIpc) is 3.53. The van der Waals surface area contributed by atoms with Crippen LogP contribution in [0.1, 0.15) is 35.4 Å². The monoisotopic (exact) mass is 776 g/mol. The molecule has 3 aromatic carbocycles. The van der Waals surface area contributed by atoms with E-state index in [-0.39, 0.29) is 41.6 Å². The lowest BCUT2D eigenvalue weighted by Gasteiger charge is -2.50. The molecular weight excluding hydrogens is 748 g/mol. The summed E-state index contributed by atoms with van der Waals surface area (Å²) in [4.78, 5) is 63.4. The summed E-state index contributed by atoms with van der Waals surface area (Å²) in [6.45, 7) is 0. The number of hydrogen-bond acceptors (Lipinski definition) is 8. The van der Waals surface area contributed by atoms with Crippen LogP contribution in [0.3, 0.4) is 0 Å². The summed E-state index contributed by atoms with van der Waals surface area (Å²) in [5.74, 6) is -7.82. The van der Waals surface area contributed by atoms with Crippen molar-refractivity contribution in [2.75, 3.05) is 17.4 Å². The van der Waals surface area contributed by atoms with Crippen LogP contribution in [0.5, 0.6) is 11.5 Å². The number of amides is 4. The number of methoxy groups -OCH3 is 1. The molecule has 15 heteroatoms. The van der Waals surface area contributed by atoms with Gasteiger partial charge in [-0.15, -0.1) is 0 Å². The van der Waals surface area contributed by atoms with Gasteiger partial charge in [0.25, 0.3) is 11.8 Å². The maximum atomic E-state index is 15.3. The van der Waals surface area contributed by atoms with Crippen LogP contribution in [0.2, 0.25) is 10.0 Å². The van der Waals surface area contributed by atoms with E-state index in [1.807, 2.05) is 6.08 Å². The van der Waals surface area contributed by atoms with E-state index in [0.29, 0.717) is 39.1 Å². The lowest BCUT2D eigenvalue weighted by molar-refractivity contribution is -0.139. The molecule has 1 aromatic heterocycles. The summed E-state index contributed by atoms with van der Waals surface area (Å²) >= 11 is 12.6. The number of hydrogen-bond donors (Lipinski definition) is 2. The van der Waals surface area contributed by atoms with Crippen molar-refractivity contribution in [2.45, 2.75) is 30.4 Å². The Morgan fingerprint density at radius 3 is 2.31 bits per heavy atom. The number of nitrogens with zero attached hydrogens (tertiary/aromatic N) is 3. The molecule has 4 amide bonds. The number of aromatic nitrogens is 1. The van der Waals surface area contributed by atoms with Crippen LogP contribution in [0.25, 0.3) is 0 Å². The van der Waals surface area contributed by atoms with Gasteiger partial charge < -0.3 is 9.84 Å². The molecule has 8 rings (SSSR count). The first-order valence-electron chi connectivity index (χ1n) is 16.9. The second-order valence-corrected chi connectivity index (χ2v) is 14.5. The molecule has 2 saturated heterocycles. The van der Waals surface area contributed by atoms with Crippen molar-refractivity contribution in [3.05, 3.63) is 123 Å². The summed E-state index contributed by atoms with van der Waals surface area (Å²) in [5.41, 5.74) is 1.17. The molecule has 0 radical (unpaired) electrons. The molecule has 2 aliphatic heterocycles. The number of phenols is 1. The maximum Gasteiger partial charge on any atom is 0.417 e. The third-order valence-corrected chi connectivity index (χ3v) is 11.7. The van der Waals surface area contributed by atoms with Gasteiger partial charge in [0, 0.05) is 22.7 Å². The number of aromatic hydroxyl groups is 1. The highest BCUT2D eigenvalue weighted by Gasteiger charge is 2.71. The molecule has 2 N–H and O–H groups in total. The fraction of sp³-hybridized carbons (Fsp3) is 0.256. The third-order valence-electron chi connectivity index (χ3n) is 11.1. The Hall–Kier alpha value is -5.40. The topological polar surface area (TPSA) is 129 Å². The average molecular weight is 778 g/mol. The quantitative estimate of drug-likeness (QED) is 0.154. The lowest BCUT2D eigenvalue weighted by Crippen LogP contribution is -2.53. The van der Waals surface area contributed by atoms with Gasteiger partial charge in [0.05, 0.1) is 46.6 Å². The van der Waals surface area contributed by atoms with Gasteiger partial charge in [0.15, 0.2) is 17.3 Å². The first kappa shape index (κ1) is 35.6. The van der Waals surface area contributed by atoms with Crippen molar-refractivity contribution in [3.63, 3.8) is 0 Å². The minimum absolute atomic E-state index is 0.0740. The van der Waals surface area contributed by atoms with E-state index in [1.54, 1.807) is 66.7 Å². The summed E-state index contributed by atoms with van der Waals surface area (Å²) < 4.78 is 45.9. The number of pyridine rings is 1. The van der Waals surface area contributed by atoms with Crippen molar-refractivity contribution in [1.29, 1.82) is 0 Å². The van der Waals surface area contributed by atoms with Gasteiger partial charge in [-0.1, -0.05) is 77.3 Å². The van der Waals surface area contributed by atoms with Gasteiger partial charge in [-0.2, -0.15) is 18.2 Å². The van der Waals surface area contributed by atoms with Gasteiger partial charge in [-0.3, -0.25) is 29.5 Å². The van der Waals surface area contributed by atoms with Gasteiger partial charge in [0.2, 0.25) is 11.8 Å². The number of phenolic OH excluding ortho intramolecular Hbond substituents is 1. The maximum absolute atomic E-state index is 15.3. The Morgan fingerprint density at radius 1 is 0.926 bits per heavy atom. The number of allylic oxidation sites excluding steroid dienone is 2. The first-order chi connectivity index (χ1) is 25.8. The van der Waals surface area contributed by atoms with E-state index < -0.39 is 69.5 Å². The first-order valence-corrected chi connectivity index (χ1v) is 17.7. The predicted molar refractivity (Wildman–Crippen MR) is 190 cm³/mol. The number of halogens is 5. The minimum atomic E-state index is -4.76. The number of para-hydroxylation sites is 2. The highest BCUT2D eigenvalue weighted by molar-refractivity contribution is 6.33. The molecular formula is C39H29Cl2F3N4O6. The molecule has 0 unspecified atom stereocenters. The Morgan fingerprint density at radius 2 is 1.65 bits per heavy atom. The van der Waals surface area contributed by atoms with Crippen molar-refractivity contribution >= 4 is 58.3 Å². The lowest BCUT2D eigenvalue weighted by atomic mass is 9.49. The molecule has 6 atom stereocenters. The number of carbonyl (C=O) groups is 4. The van der Waals surface area contributed by atoms with Crippen LogP contribution >= 0.6 is 23.2 Å². The second kappa shape index (κ2) is 12.9. The standard InChI is InChI=1S/C39H29Cl2F3N4O6/c1-54-29-9-5-8-25(32(29)49)31-23-14-15-24-30(36(52)47(34(24)50)22-6-3-2-4-7-22)26(23)17-27-35(51)48(37(53)38(27,31)19-10-12-21(40)13-11-19)46-33-28(41)16-20(18-45-33)39(42,43)44/h2-14,16,18,24,26-27,30-31,49H,15,17H2,1H3,(H,45,46)/t24-,26+,27-,30-,31+,38+/m0/s1. The normalized spacial score (nSPS) is 26.3. The van der Waals surface area contributed by atoms with E-state index in [1.165, 1.54) is 18.1 Å². The van der Waals surface area contributed by atoms with Gasteiger partial charge in [-0.25, -0.2) is 4.98 Å². The SMILES string of the molecule is COc1cccc([C@H]2C3=CC[C@@H]4C(=O)N(c5ccccc5)C(=O)[C@@H]4[C@@H]3C[C@H]3C(=O)N(Nc4ncc(C(F)(F)F)cc4Cl)C(=O)[C@@]23c2ccc(Cl)cc2)c1O. The Labute approximate surface area is 316 Å². The molecule has 10 nitrogen and oxygen atoms in total. The Kier molecular flexibility index (Phi) is 8.49. The van der Waals surface area contributed by atoms with Gasteiger partial charge >= 0.3 is 6.18 Å². The second-order valence-electron chi connectivity index (χ2n) is 13.7. The van der Waals surface area contributed by atoms with Gasteiger partial charge in [0.1, 0.15) is 0 Å². The number of benzene rings is 3. The summed E-state index contributed by atoms with van der Waals surface area (Å²) in [5, 5.41) is 12.3. The smallest absolute Gasteiger partial charge is 0.417 e. The minimum Gasteiger partial charge on any atom is -0.504 e. The molecule has 276 valence electrons. The third kappa shape index (κ3) is 5.19. The number of alkyl halides is 3. The fourth-order valence-electron chi connectivity index (χ4n) is 8.90. The summed E-state index contributed by atoms with van der Waals surface area (Å²) in [7, 11) is 1.36. The molecule has 3 fully saturated rings. The molecule has 54 heavy (non-hydrogen) atoms. The predicted octanol–water partition coefficient (Wildman–Crippen LogP) is 7.31. The molecule has 4 aromatic rings. The highest BCUT2D eigenvalue weighted by Crippen LogP contribution is 2.65. The molecule has 1 saturated carbocycles. The number of nitrogens with one attached hydrogen (secondary N) is 1. The highest BCUT2D eigenvalue weighted by atomic mass is 35.5. The van der Waals surface area contributed by atoms with Crippen LogP contribution in [0.4, 0.5) is 24.7 Å². The molecule has 3 heterocycles. The molecule has 0 spiro atoms. The van der Waals surface area contributed by atoms with Crippen LogP contribution in [0, 0.1) is 23.7 Å². The van der Waals surface area contributed by atoms with Crippen LogP contribution < -0.4 is 15.1 Å². The van der Waals surface area contributed by atoms with Crippen LogP contribution in [-0.4, -0.2) is 45.8 Å². The molecule has 4 aliphatic rings. The van der Waals surface area contributed by atoms with Crippen molar-refractivity contribution < 1.29 is 42.2 Å². The van der Waals surface area contributed by atoms with E-state index in [9.17, 15) is 32.7 Å². The van der Waals surface area contributed by atoms with Crippen molar-refractivity contribution in [3.8, 4) is 11.5 Å². The van der Waals surface area contributed by atoms with E-state index in [2.05, 4.69) is 10.4 Å². The van der Waals surface area contributed by atoms with Crippen LogP contribution in [0.15, 0.2) is 96.7 Å². The zero-order valence-corrected chi connectivity index (χ0v) is 29.7. The van der Waals surface area contributed by atoms with Gasteiger partial charge in [-0.05, 0) is 60.7 Å². The van der Waals surface area contributed by atoms with Crippen molar-refractivity contribution in [1.82, 2.24) is 9.99 Å². The zero-order chi connectivity index (χ0) is 38.3. The van der Waals surface area contributed by atoms with Crippen LogP contribution in [-0.2, 0) is 30.8 Å². The van der Waals surface area contributed by atoms with E-state index in [0.717, 1.165) is 0 Å². The number of ether oxygens (including phenoxy) is 1. The summed E-state index contributed by atoms with van der Waals surface area (Å²) in [6, 6.07) is 20.2. The summed E-state index contributed by atoms with van der Waals surface area (Å²) in [6.07, 6.45) is -2.34. The Balaban J connectivity index is 1.33. The number of carbonyl (C=O) groups excluding carboxylic acids is 4. The fourth-order valence-corrected chi connectivity index (χ4v) is 9.23. The number of fused-ring (bicyclic) bond motifs is 4. The number of rotatable bonds is 6. The largest absolute Gasteiger partial charge is 0.504 e.